The van der Waals surface area contributed by atoms with E-state index in [1.807, 2.05) is 0 Å². The number of aromatic nitrogens is 1. The van der Waals surface area contributed by atoms with Crippen molar-refractivity contribution in [1.82, 2.24) is 10.5 Å². The Morgan fingerprint density at radius 1 is 1.38 bits per heavy atom. The van der Waals surface area contributed by atoms with Crippen molar-refractivity contribution >= 4 is 5.97 Å². The van der Waals surface area contributed by atoms with Gasteiger partial charge >= 0.3 is 5.97 Å². The number of nitrogens with one attached hydrogen (secondary N) is 1. The minimum absolute atomic E-state index is 0.314. The molecule has 0 radical (unpaired) electrons. The van der Waals surface area contributed by atoms with Crippen LogP contribution in [0.2, 0.25) is 0 Å². The summed E-state index contributed by atoms with van der Waals surface area (Å²) < 4.78 is 0. The van der Waals surface area contributed by atoms with Crippen molar-refractivity contribution in [1.29, 1.82) is 0 Å². The van der Waals surface area contributed by atoms with Gasteiger partial charge in [-0.25, -0.2) is 4.79 Å². The second-order valence-corrected chi connectivity index (χ2v) is 4.08. The predicted octanol–water partition coefficient (Wildman–Crippen LogP) is 2.08. The molecule has 2 rings (SSSR count). The molecule has 0 atom stereocenters. The summed E-state index contributed by atoms with van der Waals surface area (Å²) in [5.74, 6) is -0.362. The largest absolute Gasteiger partial charge is 0.366 e. The average molecular weight is 220 g/mol. The Kier molecular flexibility index (Phi) is 3.88. The Bertz CT molecular complexity index is 334. The standard InChI is InChI=1S/C12H16N2O2/c15-12(10-5-4-8-13-9-10)16-14-11-6-2-1-3-7-11/h4-5,8-9,11,14H,1-3,6-7H2. The number of carbonyl (C=O) groups is 1. The smallest absolute Gasteiger partial charge is 0.358 e. The van der Waals surface area contributed by atoms with Crippen LogP contribution in [0.25, 0.3) is 0 Å². The molecule has 0 aromatic carbocycles. The van der Waals surface area contributed by atoms with Gasteiger partial charge in [0.15, 0.2) is 0 Å². The fourth-order valence-corrected chi connectivity index (χ4v) is 1.90. The lowest BCUT2D eigenvalue weighted by Gasteiger charge is -2.21. The highest BCUT2D eigenvalue weighted by Gasteiger charge is 2.15. The molecule has 4 heteroatoms. The third-order valence-electron chi connectivity index (χ3n) is 2.82. The van der Waals surface area contributed by atoms with Gasteiger partial charge in [-0.3, -0.25) is 4.98 Å². The molecule has 1 aromatic heterocycles. The Labute approximate surface area is 95.0 Å². The van der Waals surface area contributed by atoms with Crippen LogP contribution in [0.1, 0.15) is 42.5 Å². The van der Waals surface area contributed by atoms with Crippen LogP contribution in [0.3, 0.4) is 0 Å². The van der Waals surface area contributed by atoms with Crippen molar-refractivity contribution < 1.29 is 9.63 Å². The summed E-state index contributed by atoms with van der Waals surface area (Å²) in [5.41, 5.74) is 3.32. The van der Waals surface area contributed by atoms with Gasteiger partial charge in [-0.15, -0.1) is 5.48 Å². The van der Waals surface area contributed by atoms with E-state index in [1.54, 1.807) is 18.3 Å². The molecule has 1 aliphatic carbocycles. The fourth-order valence-electron chi connectivity index (χ4n) is 1.90. The molecule has 0 spiro atoms. The van der Waals surface area contributed by atoms with Gasteiger partial charge in [-0.2, -0.15) is 0 Å². The first-order chi connectivity index (χ1) is 7.86. The first-order valence-electron chi connectivity index (χ1n) is 5.73. The normalized spacial score (nSPS) is 17.0. The average Bonchev–Trinajstić information content (AvgIpc) is 2.38. The third-order valence-corrected chi connectivity index (χ3v) is 2.82. The minimum atomic E-state index is -0.362. The Morgan fingerprint density at radius 3 is 2.88 bits per heavy atom. The SMILES string of the molecule is O=C(ONC1CCCCC1)c1cccnc1. The Morgan fingerprint density at radius 2 is 2.19 bits per heavy atom. The van der Waals surface area contributed by atoms with Gasteiger partial charge < -0.3 is 4.84 Å². The van der Waals surface area contributed by atoms with Crippen LogP contribution in [-0.2, 0) is 4.84 Å². The van der Waals surface area contributed by atoms with Crippen molar-refractivity contribution in [2.45, 2.75) is 38.1 Å². The van der Waals surface area contributed by atoms with Crippen molar-refractivity contribution in [2.75, 3.05) is 0 Å². The minimum Gasteiger partial charge on any atom is -0.366 e. The molecular formula is C12H16N2O2. The molecule has 0 amide bonds. The fraction of sp³-hybridized carbons (Fsp3) is 0.500. The van der Waals surface area contributed by atoms with Gasteiger partial charge in [-0.1, -0.05) is 19.3 Å². The van der Waals surface area contributed by atoms with Gasteiger partial charge in [0.25, 0.3) is 0 Å². The van der Waals surface area contributed by atoms with Crippen LogP contribution in [0.4, 0.5) is 0 Å². The van der Waals surface area contributed by atoms with Crippen molar-refractivity contribution in [2.24, 2.45) is 0 Å². The second kappa shape index (κ2) is 5.61. The number of rotatable bonds is 3. The number of hydrogen-bond acceptors (Lipinski definition) is 4. The van der Waals surface area contributed by atoms with Crippen molar-refractivity contribution in [3.63, 3.8) is 0 Å². The molecule has 0 saturated heterocycles. The summed E-state index contributed by atoms with van der Waals surface area (Å²) >= 11 is 0. The zero-order valence-corrected chi connectivity index (χ0v) is 9.19. The molecule has 0 aliphatic heterocycles. The third kappa shape index (κ3) is 3.03. The van der Waals surface area contributed by atoms with Crippen LogP contribution in [-0.4, -0.2) is 17.0 Å². The number of hydrogen-bond donors (Lipinski definition) is 1. The molecule has 16 heavy (non-hydrogen) atoms. The van der Waals surface area contributed by atoms with Gasteiger partial charge in [-0.05, 0) is 25.0 Å². The molecule has 1 fully saturated rings. The molecule has 86 valence electrons. The van der Waals surface area contributed by atoms with Gasteiger partial charge in [0.2, 0.25) is 0 Å². The zero-order valence-electron chi connectivity index (χ0n) is 9.19. The van der Waals surface area contributed by atoms with E-state index in [4.69, 9.17) is 4.84 Å². The van der Waals surface area contributed by atoms with E-state index in [0.717, 1.165) is 12.8 Å². The summed E-state index contributed by atoms with van der Waals surface area (Å²) in [5, 5.41) is 0. The van der Waals surface area contributed by atoms with E-state index in [2.05, 4.69) is 10.5 Å². The van der Waals surface area contributed by atoms with E-state index in [-0.39, 0.29) is 5.97 Å². The van der Waals surface area contributed by atoms with E-state index in [1.165, 1.54) is 25.5 Å². The first-order valence-corrected chi connectivity index (χ1v) is 5.73. The topological polar surface area (TPSA) is 51.2 Å². The maximum Gasteiger partial charge on any atom is 0.358 e. The van der Waals surface area contributed by atoms with E-state index >= 15 is 0 Å². The number of pyridine rings is 1. The predicted molar refractivity (Wildman–Crippen MR) is 59.7 cm³/mol. The van der Waals surface area contributed by atoms with Gasteiger partial charge in [0.1, 0.15) is 0 Å². The summed E-state index contributed by atoms with van der Waals surface area (Å²) in [6, 6.07) is 3.73. The Balaban J connectivity index is 1.79. The second-order valence-electron chi connectivity index (χ2n) is 4.08. The lowest BCUT2D eigenvalue weighted by molar-refractivity contribution is 0.0112. The molecule has 4 nitrogen and oxygen atoms in total. The monoisotopic (exact) mass is 220 g/mol. The van der Waals surface area contributed by atoms with Crippen LogP contribution in [0.15, 0.2) is 24.5 Å². The number of carbonyl (C=O) groups excluding carboxylic acids is 1. The molecule has 1 saturated carbocycles. The Hall–Kier alpha value is -1.42. The van der Waals surface area contributed by atoms with Crippen molar-refractivity contribution in [3.05, 3.63) is 30.1 Å². The molecule has 1 aromatic rings. The maximum absolute atomic E-state index is 11.6. The molecule has 0 bridgehead atoms. The lowest BCUT2D eigenvalue weighted by atomic mass is 9.96. The molecule has 1 aliphatic rings. The first kappa shape index (κ1) is 11.1. The quantitative estimate of drug-likeness (QED) is 0.792. The highest BCUT2D eigenvalue weighted by Crippen LogP contribution is 2.17. The number of nitrogens with zero attached hydrogens (tertiary/aromatic N) is 1. The van der Waals surface area contributed by atoms with Crippen LogP contribution < -0.4 is 5.48 Å². The van der Waals surface area contributed by atoms with E-state index in [9.17, 15) is 4.79 Å². The molecule has 0 unspecified atom stereocenters. The summed E-state index contributed by atoms with van der Waals surface area (Å²) in [6.45, 7) is 0. The summed E-state index contributed by atoms with van der Waals surface area (Å²) in [4.78, 5) is 20.5. The molecular weight excluding hydrogens is 204 g/mol. The van der Waals surface area contributed by atoms with E-state index in [0.29, 0.717) is 11.6 Å². The van der Waals surface area contributed by atoms with Crippen LogP contribution >= 0.6 is 0 Å². The highest BCUT2D eigenvalue weighted by atomic mass is 16.7. The summed E-state index contributed by atoms with van der Waals surface area (Å²) in [7, 11) is 0. The molecule has 1 N–H and O–H groups in total. The van der Waals surface area contributed by atoms with Crippen LogP contribution in [0, 0.1) is 0 Å². The van der Waals surface area contributed by atoms with Crippen molar-refractivity contribution in [3.8, 4) is 0 Å². The summed E-state index contributed by atoms with van der Waals surface area (Å²) in [6.07, 6.45) is 9.01. The van der Waals surface area contributed by atoms with Gasteiger partial charge in [0, 0.05) is 18.4 Å². The number of hydroxylamine groups is 1. The van der Waals surface area contributed by atoms with E-state index < -0.39 is 0 Å². The maximum atomic E-state index is 11.6. The zero-order chi connectivity index (χ0) is 11.2. The van der Waals surface area contributed by atoms with Crippen LogP contribution in [0.5, 0.6) is 0 Å². The highest BCUT2D eigenvalue weighted by molar-refractivity contribution is 5.88. The lowest BCUT2D eigenvalue weighted by Crippen LogP contribution is -2.33. The van der Waals surface area contributed by atoms with Gasteiger partial charge in [0.05, 0.1) is 5.56 Å². The molecule has 1 heterocycles.